The van der Waals surface area contributed by atoms with Crippen molar-refractivity contribution in [3.05, 3.63) is 0 Å². The fourth-order valence-electron chi connectivity index (χ4n) is 0. The van der Waals surface area contributed by atoms with Crippen LogP contribution in [-0.4, -0.2) is 22.9 Å². The van der Waals surface area contributed by atoms with Crippen molar-refractivity contribution in [3.63, 3.8) is 0 Å². The smallest absolute Gasteiger partial charge is 0.0483 e. The molecule has 3 heteroatoms. The molecule has 0 atom stereocenters. The maximum atomic E-state index is 8.06. The Kier molecular flexibility index (Phi) is 31.0. The zero-order valence-corrected chi connectivity index (χ0v) is 7.05. The summed E-state index contributed by atoms with van der Waals surface area (Å²) in [5.41, 5.74) is 0. The van der Waals surface area contributed by atoms with Gasteiger partial charge in [-0.1, -0.05) is 0 Å². The van der Waals surface area contributed by atoms with Crippen LogP contribution in [0, 0.1) is 0 Å². The molecule has 0 radical (unpaired) electrons. The fourth-order valence-corrected chi connectivity index (χ4v) is 0. The van der Waals surface area contributed by atoms with Gasteiger partial charge in [0.2, 0.25) is 0 Å². The van der Waals surface area contributed by atoms with E-state index in [4.69, 9.17) is 10.2 Å². The molecule has 0 rings (SSSR count). The van der Waals surface area contributed by atoms with E-state index in [-0.39, 0.29) is 33.1 Å². The SMILES string of the molecule is CC(C)O.CCO.[Pd]. The average molecular weight is 213 g/mol. The van der Waals surface area contributed by atoms with E-state index in [0.29, 0.717) is 0 Å². The summed E-state index contributed by atoms with van der Waals surface area (Å²) in [6, 6.07) is 0. The molecule has 0 heterocycles. The van der Waals surface area contributed by atoms with E-state index in [1.165, 1.54) is 0 Å². The molecule has 0 aliphatic rings. The van der Waals surface area contributed by atoms with Gasteiger partial charge in [0.25, 0.3) is 0 Å². The Hall–Kier alpha value is 0.582. The van der Waals surface area contributed by atoms with Gasteiger partial charge in [0, 0.05) is 33.1 Å². The molecule has 0 saturated heterocycles. The molecule has 0 aromatic heterocycles. The first-order valence-corrected chi connectivity index (χ1v) is 2.44. The maximum Gasteiger partial charge on any atom is 0.0483 e. The van der Waals surface area contributed by atoms with Crippen LogP contribution >= 0.6 is 0 Å². The van der Waals surface area contributed by atoms with E-state index >= 15 is 0 Å². The number of aliphatic hydroxyl groups excluding tert-OH is 2. The van der Waals surface area contributed by atoms with Crippen LogP contribution in [0.15, 0.2) is 0 Å². The Bertz CT molecular complexity index is 21.6. The van der Waals surface area contributed by atoms with Gasteiger partial charge in [-0.25, -0.2) is 0 Å². The first-order chi connectivity index (χ1) is 3.15. The monoisotopic (exact) mass is 212 g/mol. The van der Waals surface area contributed by atoms with E-state index in [2.05, 4.69) is 0 Å². The summed E-state index contributed by atoms with van der Waals surface area (Å²) in [5.74, 6) is 0. The Morgan fingerprint density at radius 2 is 1.38 bits per heavy atom. The summed E-state index contributed by atoms with van der Waals surface area (Å²) >= 11 is 0. The van der Waals surface area contributed by atoms with Gasteiger partial charge in [0.15, 0.2) is 0 Å². The largest absolute Gasteiger partial charge is 0.397 e. The number of hydrogen-bond acceptors (Lipinski definition) is 2. The van der Waals surface area contributed by atoms with Crippen LogP contribution in [0.25, 0.3) is 0 Å². The van der Waals surface area contributed by atoms with Crippen molar-refractivity contribution >= 4 is 0 Å². The molecule has 0 amide bonds. The predicted octanol–water partition coefficient (Wildman–Crippen LogP) is 0.383. The standard InChI is InChI=1S/C3H8O.C2H6O.Pd/c1-3(2)4;1-2-3;/h3-4H,1-2H3;3H,2H2,1H3;. The molecule has 0 fully saturated rings. The van der Waals surface area contributed by atoms with Crippen molar-refractivity contribution in [1.29, 1.82) is 0 Å². The molecule has 0 bridgehead atoms. The first-order valence-electron chi connectivity index (χ1n) is 2.44. The van der Waals surface area contributed by atoms with Crippen LogP contribution in [0.2, 0.25) is 0 Å². The second-order valence-corrected chi connectivity index (χ2v) is 1.41. The summed E-state index contributed by atoms with van der Waals surface area (Å²) in [4.78, 5) is 0. The molecule has 56 valence electrons. The summed E-state index contributed by atoms with van der Waals surface area (Å²) in [7, 11) is 0. The second-order valence-electron chi connectivity index (χ2n) is 1.41. The van der Waals surface area contributed by atoms with Gasteiger partial charge < -0.3 is 10.2 Å². The molecule has 2 N–H and O–H groups in total. The molecular weight excluding hydrogens is 198 g/mol. The Morgan fingerprint density at radius 1 is 1.38 bits per heavy atom. The predicted molar refractivity (Wildman–Crippen MR) is 30.1 cm³/mol. The number of aliphatic hydroxyl groups is 2. The van der Waals surface area contributed by atoms with Gasteiger partial charge in [-0.3, -0.25) is 0 Å². The van der Waals surface area contributed by atoms with Crippen molar-refractivity contribution < 1.29 is 30.6 Å². The molecule has 0 aromatic carbocycles. The number of rotatable bonds is 0. The zero-order valence-electron chi connectivity index (χ0n) is 5.50. The van der Waals surface area contributed by atoms with Crippen LogP contribution in [0.1, 0.15) is 20.8 Å². The summed E-state index contributed by atoms with van der Waals surface area (Å²) < 4.78 is 0. The minimum absolute atomic E-state index is 0. The minimum Gasteiger partial charge on any atom is -0.397 e. The maximum absolute atomic E-state index is 8.06. The fraction of sp³-hybridized carbons (Fsp3) is 1.00. The Labute approximate surface area is 64.6 Å². The summed E-state index contributed by atoms with van der Waals surface area (Å²) in [6.07, 6.45) is -0.167. The van der Waals surface area contributed by atoms with Gasteiger partial charge in [-0.05, 0) is 20.8 Å². The Morgan fingerprint density at radius 3 is 1.38 bits per heavy atom. The van der Waals surface area contributed by atoms with Crippen LogP contribution < -0.4 is 0 Å². The summed E-state index contributed by atoms with van der Waals surface area (Å²) in [5, 5.41) is 15.6. The van der Waals surface area contributed by atoms with Crippen LogP contribution in [0.4, 0.5) is 0 Å². The Balaban J connectivity index is -0.0000000575. The molecule has 0 aliphatic carbocycles. The molecule has 0 unspecified atom stereocenters. The third-order valence-electron chi connectivity index (χ3n) is 0. The van der Waals surface area contributed by atoms with Crippen LogP contribution in [0.3, 0.4) is 0 Å². The van der Waals surface area contributed by atoms with Gasteiger partial charge in [-0.15, -0.1) is 0 Å². The van der Waals surface area contributed by atoms with Gasteiger partial charge >= 0.3 is 0 Å². The first kappa shape index (κ1) is 15.8. The quantitative estimate of drug-likeness (QED) is 0.570. The minimum atomic E-state index is -0.167. The van der Waals surface area contributed by atoms with Crippen LogP contribution in [0.5, 0.6) is 0 Å². The zero-order chi connectivity index (χ0) is 6.28. The van der Waals surface area contributed by atoms with Crippen molar-refractivity contribution in [1.82, 2.24) is 0 Å². The third-order valence-corrected chi connectivity index (χ3v) is 0. The summed E-state index contributed by atoms with van der Waals surface area (Å²) in [6.45, 7) is 5.38. The van der Waals surface area contributed by atoms with E-state index < -0.39 is 0 Å². The molecule has 2 nitrogen and oxygen atoms in total. The van der Waals surface area contributed by atoms with Crippen molar-refractivity contribution in [2.75, 3.05) is 6.61 Å². The molecule has 0 aromatic rings. The van der Waals surface area contributed by atoms with E-state index in [0.717, 1.165) is 0 Å². The normalized spacial score (nSPS) is 6.75. The van der Waals surface area contributed by atoms with Crippen molar-refractivity contribution in [3.8, 4) is 0 Å². The van der Waals surface area contributed by atoms with Gasteiger partial charge in [-0.2, -0.15) is 0 Å². The second kappa shape index (κ2) is 15.6. The number of hydrogen-bond donors (Lipinski definition) is 2. The van der Waals surface area contributed by atoms with Gasteiger partial charge in [0.05, 0.1) is 0 Å². The van der Waals surface area contributed by atoms with Crippen molar-refractivity contribution in [2.24, 2.45) is 0 Å². The molecule has 0 spiro atoms. The van der Waals surface area contributed by atoms with Gasteiger partial charge in [0.1, 0.15) is 0 Å². The molecular formula is C5H14O2Pd. The van der Waals surface area contributed by atoms with E-state index in [9.17, 15) is 0 Å². The molecule has 0 saturated carbocycles. The van der Waals surface area contributed by atoms with E-state index in [1.54, 1.807) is 20.8 Å². The van der Waals surface area contributed by atoms with Crippen molar-refractivity contribution in [2.45, 2.75) is 26.9 Å². The average Bonchev–Trinajstić information content (AvgIpc) is 1.33. The topological polar surface area (TPSA) is 40.5 Å². The third kappa shape index (κ3) is 605. The van der Waals surface area contributed by atoms with Crippen LogP contribution in [-0.2, 0) is 20.4 Å². The molecule has 8 heavy (non-hydrogen) atoms. The van der Waals surface area contributed by atoms with E-state index in [1.807, 2.05) is 0 Å². The molecule has 0 aliphatic heterocycles.